The van der Waals surface area contributed by atoms with Gasteiger partial charge in [-0.1, -0.05) is 99.8 Å². The molecule has 0 atom stereocenters. The van der Waals surface area contributed by atoms with E-state index in [0.717, 1.165) is 6.04 Å². The maximum absolute atomic E-state index is 6.20. The van der Waals surface area contributed by atoms with Crippen molar-refractivity contribution in [3.8, 4) is 0 Å². The van der Waals surface area contributed by atoms with Gasteiger partial charge in [-0.3, -0.25) is 0 Å². The summed E-state index contributed by atoms with van der Waals surface area (Å²) in [5, 5.41) is 0.810. The zero-order valence-corrected chi connectivity index (χ0v) is 24.9. The van der Waals surface area contributed by atoms with Crippen LogP contribution in [0.1, 0.15) is 80.1 Å². The van der Waals surface area contributed by atoms with Crippen molar-refractivity contribution in [3.05, 3.63) is 0 Å². The molecule has 0 aromatic heterocycles. The third-order valence-electron chi connectivity index (χ3n) is 7.27. The Morgan fingerprint density at radius 2 is 0.926 bits per heavy atom. The van der Waals surface area contributed by atoms with Crippen LogP contribution in [0.2, 0.25) is 48.9 Å². The standard InChI is InChI=1S/C21H49Cl2NSi3/c1-20(2,3)25(7,8)24(26(9,10)21(4,5)6)18-16-14-12-13-15-17-19-27(11,22)23/h12-19H2,1-11H3. The van der Waals surface area contributed by atoms with Gasteiger partial charge in [0.1, 0.15) is 16.5 Å². The average Bonchev–Trinajstić information content (AvgIpc) is 2.41. The van der Waals surface area contributed by atoms with E-state index in [1.807, 2.05) is 6.55 Å². The van der Waals surface area contributed by atoms with Crippen molar-refractivity contribution in [2.24, 2.45) is 0 Å². The van der Waals surface area contributed by atoms with Gasteiger partial charge in [0.25, 0.3) is 0 Å². The summed E-state index contributed by atoms with van der Waals surface area (Å²) >= 11 is 12.4. The molecule has 0 saturated heterocycles. The van der Waals surface area contributed by atoms with Crippen LogP contribution in [-0.2, 0) is 0 Å². The second-order valence-electron chi connectivity index (χ2n) is 11.7. The van der Waals surface area contributed by atoms with Crippen molar-refractivity contribution < 1.29 is 0 Å². The molecule has 0 rings (SSSR count). The lowest BCUT2D eigenvalue weighted by atomic mass is 10.1. The second-order valence-corrected chi connectivity index (χ2v) is 30.7. The molecule has 0 heterocycles. The van der Waals surface area contributed by atoms with E-state index >= 15 is 0 Å². The van der Waals surface area contributed by atoms with Crippen molar-refractivity contribution in [1.82, 2.24) is 4.23 Å². The molecule has 27 heavy (non-hydrogen) atoms. The number of unbranched alkanes of at least 4 members (excludes halogenated alkanes) is 5. The summed E-state index contributed by atoms with van der Waals surface area (Å²) in [5.41, 5.74) is 0. The van der Waals surface area contributed by atoms with E-state index in [9.17, 15) is 0 Å². The van der Waals surface area contributed by atoms with Gasteiger partial charge in [0.05, 0.1) is 0 Å². The summed E-state index contributed by atoms with van der Waals surface area (Å²) in [5.74, 6) is 0. The van der Waals surface area contributed by atoms with Crippen LogP contribution >= 0.6 is 22.2 Å². The minimum Gasteiger partial charge on any atom is -0.345 e. The minimum absolute atomic E-state index is 0.405. The van der Waals surface area contributed by atoms with E-state index in [0.29, 0.717) is 10.1 Å². The lowest BCUT2D eigenvalue weighted by Crippen LogP contribution is -2.68. The molecule has 0 amide bonds. The highest BCUT2D eigenvalue weighted by Gasteiger charge is 2.51. The summed E-state index contributed by atoms with van der Waals surface area (Å²) in [7, 11) is -3.02. The molecule has 0 unspecified atom stereocenters. The second kappa shape index (κ2) is 10.5. The lowest BCUT2D eigenvalue weighted by Gasteiger charge is -2.57. The first kappa shape index (κ1) is 28.2. The number of hydrogen-bond acceptors (Lipinski definition) is 1. The van der Waals surface area contributed by atoms with Crippen molar-refractivity contribution in [3.63, 3.8) is 0 Å². The molecule has 6 heteroatoms. The number of hydrogen-bond donors (Lipinski definition) is 0. The van der Waals surface area contributed by atoms with Crippen LogP contribution in [0.25, 0.3) is 0 Å². The fourth-order valence-corrected chi connectivity index (χ4v) is 15.8. The van der Waals surface area contributed by atoms with Gasteiger partial charge in [0.15, 0.2) is 0 Å². The number of halogens is 2. The van der Waals surface area contributed by atoms with Gasteiger partial charge in [-0.25, -0.2) is 0 Å². The number of nitrogens with zero attached hydrogens (tertiary/aromatic N) is 1. The number of rotatable bonds is 11. The average molecular weight is 471 g/mol. The Morgan fingerprint density at radius 1 is 0.593 bits per heavy atom. The fraction of sp³-hybridized carbons (Fsp3) is 1.00. The van der Waals surface area contributed by atoms with Crippen molar-refractivity contribution in [2.75, 3.05) is 6.54 Å². The van der Waals surface area contributed by atoms with Crippen LogP contribution in [0.15, 0.2) is 0 Å². The first-order valence-electron chi connectivity index (χ1n) is 11.0. The minimum atomic E-state index is -1.88. The predicted octanol–water partition coefficient (Wildman–Crippen LogP) is 9.19. The first-order chi connectivity index (χ1) is 11.8. The summed E-state index contributed by atoms with van der Waals surface area (Å²) in [6, 6.07) is 1.04. The van der Waals surface area contributed by atoms with Gasteiger partial charge in [-0.2, -0.15) is 0 Å². The van der Waals surface area contributed by atoms with Crippen LogP contribution in [-0.4, -0.2) is 33.9 Å². The highest BCUT2D eigenvalue weighted by atomic mass is 35.7. The quantitative estimate of drug-likeness (QED) is 0.165. The Kier molecular flexibility index (Phi) is 10.9. The van der Waals surface area contributed by atoms with Gasteiger partial charge >= 0.3 is 0 Å². The normalized spacial score (nSPS) is 14.9. The molecule has 0 radical (unpaired) electrons. The zero-order chi connectivity index (χ0) is 21.7. The van der Waals surface area contributed by atoms with Gasteiger partial charge < -0.3 is 4.23 Å². The topological polar surface area (TPSA) is 3.24 Å². The molecule has 0 aliphatic carbocycles. The molecule has 0 aromatic carbocycles. The first-order valence-corrected chi connectivity index (χ1v) is 21.6. The third-order valence-corrected chi connectivity index (χ3v) is 23.5. The highest BCUT2D eigenvalue weighted by molar-refractivity contribution is 7.44. The van der Waals surface area contributed by atoms with Crippen LogP contribution in [0.4, 0.5) is 0 Å². The van der Waals surface area contributed by atoms with E-state index in [1.54, 1.807) is 0 Å². The Balaban J connectivity index is 4.74. The van der Waals surface area contributed by atoms with E-state index in [-0.39, 0.29) is 0 Å². The Morgan fingerprint density at radius 3 is 1.26 bits per heavy atom. The molecule has 0 aliphatic rings. The predicted molar refractivity (Wildman–Crippen MR) is 137 cm³/mol. The SMILES string of the molecule is CC(C)(C)[Si](C)(C)N(CCCCCCCC[Si](C)(Cl)Cl)[Si](C)(C)C(C)(C)C. The molecule has 0 aromatic rings. The highest BCUT2D eigenvalue weighted by Crippen LogP contribution is 2.46. The van der Waals surface area contributed by atoms with Crippen LogP contribution in [0.5, 0.6) is 0 Å². The van der Waals surface area contributed by atoms with Gasteiger partial charge in [-0.05, 0) is 35.6 Å². The van der Waals surface area contributed by atoms with Crippen LogP contribution in [0, 0.1) is 0 Å². The molecule has 0 bridgehead atoms. The summed E-state index contributed by atoms with van der Waals surface area (Å²) in [6.45, 7) is 26.6. The molecule has 0 spiro atoms. The summed E-state index contributed by atoms with van der Waals surface area (Å²) in [6.07, 6.45) is 7.88. The monoisotopic (exact) mass is 469 g/mol. The van der Waals surface area contributed by atoms with E-state index in [4.69, 9.17) is 22.2 Å². The molecule has 0 aliphatic heterocycles. The van der Waals surface area contributed by atoms with Crippen LogP contribution < -0.4 is 0 Å². The van der Waals surface area contributed by atoms with E-state index < -0.39 is 23.2 Å². The van der Waals surface area contributed by atoms with Crippen LogP contribution in [0.3, 0.4) is 0 Å². The maximum atomic E-state index is 6.20. The Bertz CT molecular complexity index is 406. The van der Waals surface area contributed by atoms with Crippen molar-refractivity contribution >= 4 is 45.3 Å². The molecule has 0 saturated carbocycles. The summed E-state index contributed by atoms with van der Waals surface area (Å²) < 4.78 is 3.07. The summed E-state index contributed by atoms with van der Waals surface area (Å²) in [4.78, 5) is 0. The fourth-order valence-electron chi connectivity index (χ4n) is 3.48. The van der Waals surface area contributed by atoms with Gasteiger partial charge in [0.2, 0.25) is 6.69 Å². The maximum Gasteiger partial charge on any atom is 0.248 e. The van der Waals surface area contributed by atoms with E-state index in [2.05, 4.69) is 72.0 Å². The van der Waals surface area contributed by atoms with Gasteiger partial charge in [-0.15, -0.1) is 22.2 Å². The lowest BCUT2D eigenvalue weighted by molar-refractivity contribution is 0.481. The van der Waals surface area contributed by atoms with Crippen molar-refractivity contribution in [2.45, 2.75) is 129 Å². The Labute approximate surface area is 184 Å². The van der Waals surface area contributed by atoms with Gasteiger partial charge in [0, 0.05) is 0 Å². The molecule has 164 valence electrons. The third kappa shape index (κ3) is 9.25. The molecular weight excluding hydrogens is 421 g/mol. The molecular formula is C21H49Cl2NSi3. The largest absolute Gasteiger partial charge is 0.345 e. The van der Waals surface area contributed by atoms with E-state index in [1.165, 1.54) is 45.1 Å². The molecule has 0 N–H and O–H groups in total. The zero-order valence-electron chi connectivity index (χ0n) is 20.4. The Hall–Kier alpha value is 1.19. The smallest absolute Gasteiger partial charge is 0.248 e. The van der Waals surface area contributed by atoms with Crippen molar-refractivity contribution in [1.29, 1.82) is 0 Å². The molecule has 0 fully saturated rings. The molecule has 1 nitrogen and oxygen atoms in total.